The van der Waals surface area contributed by atoms with Crippen LogP contribution in [0, 0.1) is 6.92 Å². The fourth-order valence-electron chi connectivity index (χ4n) is 2.69. The molecule has 118 valence electrons. The number of aryl methyl sites for hydroxylation is 2. The number of anilines is 1. The number of ether oxygens (including phenoxy) is 1. The predicted octanol–water partition coefficient (Wildman–Crippen LogP) is 4.56. The van der Waals surface area contributed by atoms with Gasteiger partial charge in [0.15, 0.2) is 17.1 Å². The van der Waals surface area contributed by atoms with E-state index in [-0.39, 0.29) is 11.7 Å². The summed E-state index contributed by atoms with van der Waals surface area (Å²) in [6, 6.07) is 13.3. The van der Waals surface area contributed by atoms with Crippen LogP contribution >= 0.6 is 0 Å². The summed E-state index contributed by atoms with van der Waals surface area (Å²) in [5, 5.41) is 3.81. The van der Waals surface area contributed by atoms with Crippen molar-refractivity contribution in [1.82, 2.24) is 0 Å². The van der Waals surface area contributed by atoms with Crippen LogP contribution in [0.2, 0.25) is 0 Å². The minimum Gasteiger partial charge on any atom is -0.493 e. The molecule has 2 aromatic carbocycles. The zero-order valence-corrected chi connectivity index (χ0v) is 13.5. The van der Waals surface area contributed by atoms with E-state index < -0.39 is 0 Å². The molecule has 0 aliphatic rings. The van der Waals surface area contributed by atoms with Gasteiger partial charge in [0.05, 0.1) is 7.11 Å². The van der Waals surface area contributed by atoms with E-state index in [0.717, 1.165) is 28.6 Å². The molecule has 3 rings (SSSR count). The minimum absolute atomic E-state index is 0.257. The van der Waals surface area contributed by atoms with Gasteiger partial charge in [-0.2, -0.15) is 0 Å². The quantitative estimate of drug-likeness (QED) is 0.768. The van der Waals surface area contributed by atoms with E-state index >= 15 is 0 Å². The van der Waals surface area contributed by atoms with Crippen molar-refractivity contribution in [1.29, 1.82) is 0 Å². The van der Waals surface area contributed by atoms with Crippen molar-refractivity contribution in [3.8, 4) is 5.75 Å². The van der Waals surface area contributed by atoms with E-state index in [4.69, 9.17) is 9.15 Å². The second-order valence-electron chi connectivity index (χ2n) is 5.41. The molecule has 1 heterocycles. The summed E-state index contributed by atoms with van der Waals surface area (Å²) in [6.07, 6.45) is 0.852. The Balaban J connectivity index is 1.96. The second kappa shape index (κ2) is 6.16. The lowest BCUT2D eigenvalue weighted by molar-refractivity contribution is 0.0998. The Hall–Kier alpha value is -2.75. The van der Waals surface area contributed by atoms with E-state index in [2.05, 4.69) is 12.2 Å². The highest BCUT2D eigenvalue weighted by atomic mass is 16.5. The highest BCUT2D eigenvalue weighted by Crippen LogP contribution is 2.29. The third-order valence-electron chi connectivity index (χ3n) is 3.93. The number of para-hydroxylation sites is 2. The molecule has 4 nitrogen and oxygen atoms in total. The number of furan rings is 1. The van der Waals surface area contributed by atoms with Crippen molar-refractivity contribution in [2.24, 2.45) is 0 Å². The highest BCUT2D eigenvalue weighted by molar-refractivity contribution is 6.05. The molecular formula is C19H19NO3. The van der Waals surface area contributed by atoms with Gasteiger partial charge < -0.3 is 14.5 Å². The van der Waals surface area contributed by atoms with E-state index in [1.807, 2.05) is 43.3 Å². The van der Waals surface area contributed by atoms with E-state index in [1.165, 1.54) is 0 Å². The van der Waals surface area contributed by atoms with Gasteiger partial charge >= 0.3 is 0 Å². The van der Waals surface area contributed by atoms with Crippen molar-refractivity contribution >= 4 is 22.6 Å². The van der Waals surface area contributed by atoms with Crippen molar-refractivity contribution in [2.75, 3.05) is 12.4 Å². The van der Waals surface area contributed by atoms with Crippen molar-refractivity contribution in [3.05, 3.63) is 59.4 Å². The van der Waals surface area contributed by atoms with Gasteiger partial charge in [-0.3, -0.25) is 4.79 Å². The minimum atomic E-state index is -0.257. The Kier molecular flexibility index (Phi) is 4.06. The smallest absolute Gasteiger partial charge is 0.291 e. The maximum absolute atomic E-state index is 12.6. The molecular weight excluding hydrogens is 290 g/mol. The molecule has 0 aliphatic carbocycles. The molecule has 3 aromatic rings. The lowest BCUT2D eigenvalue weighted by Gasteiger charge is -2.11. The van der Waals surface area contributed by atoms with Gasteiger partial charge in [-0.05, 0) is 36.6 Å². The predicted molar refractivity (Wildman–Crippen MR) is 91.3 cm³/mol. The molecule has 1 aromatic heterocycles. The number of hydrogen-bond acceptors (Lipinski definition) is 3. The summed E-state index contributed by atoms with van der Waals surface area (Å²) in [5.41, 5.74) is 3.58. The number of carbonyl (C=O) groups is 1. The van der Waals surface area contributed by atoms with E-state index in [1.54, 1.807) is 13.2 Å². The van der Waals surface area contributed by atoms with Crippen LogP contribution in [-0.2, 0) is 6.42 Å². The number of methoxy groups -OCH3 is 1. The maximum atomic E-state index is 12.6. The summed E-state index contributed by atoms with van der Waals surface area (Å²) in [7, 11) is 1.58. The van der Waals surface area contributed by atoms with Crippen LogP contribution < -0.4 is 10.1 Å². The number of nitrogens with one attached hydrogen (secondary N) is 1. The molecule has 4 heteroatoms. The number of rotatable bonds is 4. The third kappa shape index (κ3) is 2.80. The molecule has 0 bridgehead atoms. The molecule has 0 radical (unpaired) electrons. The molecule has 0 unspecified atom stereocenters. The molecule has 1 N–H and O–H groups in total. The Bertz CT molecular complexity index is 864. The molecule has 1 amide bonds. The molecule has 0 saturated heterocycles. The summed E-state index contributed by atoms with van der Waals surface area (Å²) in [4.78, 5) is 12.6. The highest BCUT2D eigenvalue weighted by Gasteiger charge is 2.16. The summed E-state index contributed by atoms with van der Waals surface area (Å²) >= 11 is 0. The third-order valence-corrected chi connectivity index (χ3v) is 3.93. The zero-order chi connectivity index (χ0) is 16.4. The van der Waals surface area contributed by atoms with Gasteiger partial charge in [0.1, 0.15) is 0 Å². The Labute approximate surface area is 135 Å². The molecule has 0 spiro atoms. The molecule has 0 atom stereocenters. The summed E-state index contributed by atoms with van der Waals surface area (Å²) < 4.78 is 11.0. The van der Waals surface area contributed by atoms with E-state index in [0.29, 0.717) is 11.3 Å². The van der Waals surface area contributed by atoms with Crippen LogP contribution in [0.4, 0.5) is 5.69 Å². The number of carbonyl (C=O) groups excluding carboxylic acids is 1. The average molecular weight is 309 g/mol. The summed E-state index contributed by atoms with van der Waals surface area (Å²) in [6.45, 7) is 4.05. The van der Waals surface area contributed by atoms with Crippen molar-refractivity contribution in [2.45, 2.75) is 20.3 Å². The Morgan fingerprint density at radius 3 is 2.74 bits per heavy atom. The topological polar surface area (TPSA) is 51.5 Å². The van der Waals surface area contributed by atoms with Crippen LogP contribution in [0.25, 0.3) is 11.0 Å². The van der Waals surface area contributed by atoms with Crippen LogP contribution in [0.1, 0.15) is 28.6 Å². The molecule has 0 aliphatic heterocycles. The van der Waals surface area contributed by atoms with Gasteiger partial charge in [-0.25, -0.2) is 0 Å². The fraction of sp³-hybridized carbons (Fsp3) is 0.211. The largest absolute Gasteiger partial charge is 0.493 e. The van der Waals surface area contributed by atoms with Crippen LogP contribution in [0.15, 0.2) is 46.9 Å². The SMILES string of the molecule is CCc1cccc(C)c1NC(=O)c1cc2cccc(OC)c2o1. The maximum Gasteiger partial charge on any atom is 0.291 e. The number of fused-ring (bicyclic) bond motifs is 1. The first-order chi connectivity index (χ1) is 11.1. The Morgan fingerprint density at radius 1 is 1.22 bits per heavy atom. The lowest BCUT2D eigenvalue weighted by atomic mass is 10.1. The molecule has 0 fully saturated rings. The number of amides is 1. The first-order valence-electron chi connectivity index (χ1n) is 7.60. The second-order valence-corrected chi connectivity index (χ2v) is 5.41. The standard InChI is InChI=1S/C19H19NO3/c1-4-13-8-5-7-12(2)17(13)20-19(21)16-11-14-9-6-10-15(22-3)18(14)23-16/h5-11H,4H2,1-3H3,(H,20,21). The van der Waals surface area contributed by atoms with Gasteiger partial charge in [-0.1, -0.05) is 37.3 Å². The van der Waals surface area contributed by atoms with E-state index in [9.17, 15) is 4.79 Å². The van der Waals surface area contributed by atoms with Crippen LogP contribution in [0.3, 0.4) is 0 Å². The van der Waals surface area contributed by atoms with Gasteiger partial charge in [0.2, 0.25) is 0 Å². The zero-order valence-electron chi connectivity index (χ0n) is 13.5. The first kappa shape index (κ1) is 15.2. The lowest BCUT2D eigenvalue weighted by Crippen LogP contribution is -2.13. The van der Waals surface area contributed by atoms with Crippen LogP contribution in [-0.4, -0.2) is 13.0 Å². The van der Waals surface area contributed by atoms with Crippen LogP contribution in [0.5, 0.6) is 5.75 Å². The molecule has 23 heavy (non-hydrogen) atoms. The normalized spacial score (nSPS) is 10.7. The fourth-order valence-corrected chi connectivity index (χ4v) is 2.69. The first-order valence-corrected chi connectivity index (χ1v) is 7.60. The molecule has 0 saturated carbocycles. The van der Waals surface area contributed by atoms with Crippen molar-refractivity contribution < 1.29 is 13.9 Å². The van der Waals surface area contributed by atoms with Gasteiger partial charge in [-0.15, -0.1) is 0 Å². The van der Waals surface area contributed by atoms with Gasteiger partial charge in [0.25, 0.3) is 5.91 Å². The number of hydrogen-bond donors (Lipinski definition) is 1. The Morgan fingerprint density at radius 2 is 2.00 bits per heavy atom. The number of benzene rings is 2. The van der Waals surface area contributed by atoms with Crippen molar-refractivity contribution in [3.63, 3.8) is 0 Å². The average Bonchev–Trinajstić information content (AvgIpc) is 3.00. The monoisotopic (exact) mass is 309 g/mol. The van der Waals surface area contributed by atoms with Gasteiger partial charge in [0, 0.05) is 11.1 Å². The summed E-state index contributed by atoms with van der Waals surface area (Å²) in [5.74, 6) is 0.633.